The Morgan fingerprint density at radius 3 is 2.52 bits per heavy atom. The smallest absolute Gasteiger partial charge is 0.244 e. The number of fused-ring (bicyclic) bond motifs is 1. The number of hydrogen-bond donors (Lipinski definition) is 0. The number of amides is 1. The van der Waals surface area contributed by atoms with Gasteiger partial charge in [0.1, 0.15) is 11.5 Å². The van der Waals surface area contributed by atoms with Crippen LogP contribution in [-0.2, 0) is 21.2 Å². The van der Waals surface area contributed by atoms with E-state index in [1.165, 1.54) is 35.5 Å². The number of anilines is 1. The Morgan fingerprint density at radius 2 is 1.85 bits per heavy atom. The van der Waals surface area contributed by atoms with Crippen LogP contribution in [0.3, 0.4) is 0 Å². The van der Waals surface area contributed by atoms with Crippen LogP contribution in [0.2, 0.25) is 0 Å². The van der Waals surface area contributed by atoms with Gasteiger partial charge in [0.15, 0.2) is 15.0 Å². The highest BCUT2D eigenvalue weighted by Gasteiger charge is 2.27. The number of hydrogen-bond acceptors (Lipinski definition) is 7. The molecule has 0 N–H and O–H groups in total. The fourth-order valence-corrected chi connectivity index (χ4v) is 5.73. The van der Waals surface area contributed by atoms with Crippen LogP contribution in [-0.4, -0.2) is 37.2 Å². The summed E-state index contributed by atoms with van der Waals surface area (Å²) in [6.07, 6.45) is 1.64. The molecule has 2 aromatic heterocycles. The molecule has 0 fully saturated rings. The van der Waals surface area contributed by atoms with E-state index in [-0.39, 0.29) is 11.4 Å². The summed E-state index contributed by atoms with van der Waals surface area (Å²) < 4.78 is 32.0. The predicted molar refractivity (Wildman–Crippen MR) is 130 cm³/mol. The highest BCUT2D eigenvalue weighted by molar-refractivity contribution is 7.92. The van der Waals surface area contributed by atoms with Crippen molar-refractivity contribution in [2.75, 3.05) is 17.8 Å². The number of sulfone groups is 1. The second-order valence-corrected chi connectivity index (χ2v) is 10.6. The topological polar surface area (TPSA) is 89.5 Å². The number of aryl methyl sites for hydroxylation is 2. The zero-order valence-electron chi connectivity index (χ0n) is 18.5. The van der Waals surface area contributed by atoms with Gasteiger partial charge in [-0.05, 0) is 67.4 Å². The first-order chi connectivity index (χ1) is 15.8. The molecular weight excluding hydrogens is 458 g/mol. The lowest BCUT2D eigenvalue weighted by Crippen LogP contribution is -2.35. The van der Waals surface area contributed by atoms with Crippen LogP contribution in [0.15, 0.2) is 65.7 Å². The first-order valence-electron chi connectivity index (χ1n) is 10.2. The van der Waals surface area contributed by atoms with Gasteiger partial charge >= 0.3 is 0 Å². The van der Waals surface area contributed by atoms with Crippen LogP contribution in [0.4, 0.5) is 5.13 Å². The molecular formula is C24H23N3O4S2. The number of aromatic nitrogens is 2. The van der Waals surface area contributed by atoms with Crippen LogP contribution in [0.1, 0.15) is 16.8 Å². The van der Waals surface area contributed by atoms with Crippen molar-refractivity contribution in [1.29, 1.82) is 0 Å². The molecule has 2 heterocycles. The lowest BCUT2D eigenvalue weighted by atomic mass is 10.1. The lowest BCUT2D eigenvalue weighted by molar-refractivity contribution is -0.116. The quantitative estimate of drug-likeness (QED) is 0.390. The van der Waals surface area contributed by atoms with E-state index >= 15 is 0 Å². The van der Waals surface area contributed by atoms with E-state index in [1.54, 1.807) is 30.5 Å². The van der Waals surface area contributed by atoms with Gasteiger partial charge in [0.05, 0.1) is 34.5 Å². The Balaban J connectivity index is 1.70. The van der Waals surface area contributed by atoms with E-state index in [0.717, 1.165) is 21.3 Å². The zero-order valence-corrected chi connectivity index (χ0v) is 20.1. The molecule has 0 aliphatic carbocycles. The summed E-state index contributed by atoms with van der Waals surface area (Å²) in [4.78, 5) is 23.8. The molecule has 0 aliphatic rings. The van der Waals surface area contributed by atoms with Gasteiger partial charge in [0, 0.05) is 6.20 Å². The minimum absolute atomic E-state index is 0.0604. The standard InChI is InChI=1S/C24H23N3O4S2/c1-16-12-17(2)23-21(13-16)26-24(32-23)27(14-18-6-4-5-11-25-18)22(28)15-33(29,30)20-9-7-19(31-3)8-10-20/h4-13H,14-15H2,1-3H3. The van der Waals surface area contributed by atoms with Gasteiger partial charge < -0.3 is 4.74 Å². The molecule has 33 heavy (non-hydrogen) atoms. The Bertz CT molecular complexity index is 1400. The highest BCUT2D eigenvalue weighted by Crippen LogP contribution is 2.33. The van der Waals surface area contributed by atoms with Crippen molar-refractivity contribution >= 4 is 42.4 Å². The molecule has 0 aliphatic heterocycles. The minimum atomic E-state index is -3.87. The normalized spacial score (nSPS) is 11.5. The number of pyridine rings is 1. The number of nitrogens with zero attached hydrogens (tertiary/aromatic N) is 3. The number of rotatable bonds is 7. The predicted octanol–water partition coefficient (Wildman–Crippen LogP) is 4.32. The van der Waals surface area contributed by atoms with Crippen molar-refractivity contribution in [2.45, 2.75) is 25.3 Å². The summed E-state index contributed by atoms with van der Waals surface area (Å²) >= 11 is 1.37. The van der Waals surface area contributed by atoms with Crippen molar-refractivity contribution in [3.8, 4) is 5.75 Å². The van der Waals surface area contributed by atoms with Gasteiger partial charge in [-0.2, -0.15) is 0 Å². The van der Waals surface area contributed by atoms with E-state index in [9.17, 15) is 13.2 Å². The first-order valence-corrected chi connectivity index (χ1v) is 12.7. The molecule has 0 radical (unpaired) electrons. The van der Waals surface area contributed by atoms with Crippen LogP contribution in [0.5, 0.6) is 5.75 Å². The highest BCUT2D eigenvalue weighted by atomic mass is 32.2. The monoisotopic (exact) mass is 481 g/mol. The lowest BCUT2D eigenvalue weighted by Gasteiger charge is -2.19. The fourth-order valence-electron chi connectivity index (χ4n) is 3.50. The van der Waals surface area contributed by atoms with Crippen molar-refractivity contribution < 1.29 is 17.9 Å². The van der Waals surface area contributed by atoms with Gasteiger partial charge in [0.25, 0.3) is 0 Å². The number of carbonyl (C=O) groups excluding carboxylic acids is 1. The molecule has 0 atom stereocenters. The Labute approximate surface area is 196 Å². The van der Waals surface area contributed by atoms with E-state index in [4.69, 9.17) is 4.74 Å². The van der Waals surface area contributed by atoms with Crippen LogP contribution in [0, 0.1) is 13.8 Å². The van der Waals surface area contributed by atoms with Crippen molar-refractivity contribution in [3.63, 3.8) is 0 Å². The molecule has 1 amide bonds. The number of thiazole rings is 1. The van der Waals surface area contributed by atoms with Crippen LogP contribution >= 0.6 is 11.3 Å². The molecule has 0 bridgehead atoms. The van der Waals surface area contributed by atoms with Crippen molar-refractivity contribution in [1.82, 2.24) is 9.97 Å². The third kappa shape index (κ3) is 5.04. The minimum Gasteiger partial charge on any atom is -0.497 e. The molecule has 2 aromatic carbocycles. The second-order valence-electron chi connectivity index (χ2n) is 7.66. The summed E-state index contributed by atoms with van der Waals surface area (Å²) in [5.74, 6) is -0.706. The Kier molecular flexibility index (Phi) is 6.44. The summed E-state index contributed by atoms with van der Waals surface area (Å²) in [6, 6.07) is 15.4. The Hall–Kier alpha value is -3.30. The maximum atomic E-state index is 13.3. The maximum Gasteiger partial charge on any atom is 0.244 e. The molecule has 0 saturated heterocycles. The molecule has 0 unspecified atom stereocenters. The van der Waals surface area contributed by atoms with Gasteiger partial charge in [-0.25, -0.2) is 13.4 Å². The Morgan fingerprint density at radius 1 is 1.09 bits per heavy atom. The van der Waals surface area contributed by atoms with Gasteiger partial charge in [-0.3, -0.25) is 14.7 Å². The molecule has 7 nitrogen and oxygen atoms in total. The molecule has 4 aromatic rings. The number of methoxy groups -OCH3 is 1. The van der Waals surface area contributed by atoms with Gasteiger partial charge in [-0.1, -0.05) is 23.5 Å². The van der Waals surface area contributed by atoms with Gasteiger partial charge in [0.2, 0.25) is 5.91 Å². The second kappa shape index (κ2) is 9.29. The molecule has 9 heteroatoms. The van der Waals surface area contributed by atoms with E-state index in [1.807, 2.05) is 26.0 Å². The van der Waals surface area contributed by atoms with Crippen molar-refractivity contribution in [3.05, 3.63) is 77.6 Å². The third-order valence-corrected chi connectivity index (χ3v) is 7.97. The summed E-state index contributed by atoms with van der Waals surface area (Å²) in [7, 11) is -2.36. The first kappa shape index (κ1) is 22.9. The fraction of sp³-hybridized carbons (Fsp3) is 0.208. The number of carbonyl (C=O) groups is 1. The third-order valence-electron chi connectivity index (χ3n) is 5.12. The summed E-state index contributed by atoms with van der Waals surface area (Å²) in [6.45, 7) is 4.11. The van der Waals surface area contributed by atoms with Crippen LogP contribution < -0.4 is 9.64 Å². The van der Waals surface area contributed by atoms with E-state index in [2.05, 4.69) is 16.0 Å². The largest absolute Gasteiger partial charge is 0.497 e. The molecule has 0 saturated carbocycles. The zero-order chi connectivity index (χ0) is 23.6. The summed E-state index contributed by atoms with van der Waals surface area (Å²) in [5.41, 5.74) is 3.55. The van der Waals surface area contributed by atoms with E-state index < -0.39 is 21.5 Å². The average molecular weight is 482 g/mol. The van der Waals surface area contributed by atoms with Crippen molar-refractivity contribution in [2.24, 2.45) is 0 Å². The van der Waals surface area contributed by atoms with Crippen LogP contribution in [0.25, 0.3) is 10.2 Å². The molecule has 170 valence electrons. The van der Waals surface area contributed by atoms with E-state index in [0.29, 0.717) is 16.6 Å². The summed E-state index contributed by atoms with van der Waals surface area (Å²) in [5, 5.41) is 0.444. The molecule has 0 spiro atoms. The average Bonchev–Trinajstić information content (AvgIpc) is 3.22. The number of ether oxygens (including phenoxy) is 1. The van der Waals surface area contributed by atoms with Gasteiger partial charge in [-0.15, -0.1) is 0 Å². The maximum absolute atomic E-state index is 13.3. The molecule has 4 rings (SSSR count). The number of benzene rings is 2. The SMILES string of the molecule is COc1ccc(S(=O)(=O)CC(=O)N(Cc2ccccn2)c2nc3cc(C)cc(C)c3s2)cc1.